The fraction of sp³-hybridized carbons (Fsp3) is 0.0714. The molecule has 0 unspecified atom stereocenters. The number of halogens is 1. The average Bonchev–Trinajstić information content (AvgIpc) is 2.45. The third-order valence-electron chi connectivity index (χ3n) is 2.71. The number of hydrogen-bond acceptors (Lipinski definition) is 4. The molecule has 0 aliphatic rings. The van der Waals surface area contributed by atoms with Crippen LogP contribution in [-0.4, -0.2) is 10.6 Å². The molecule has 0 fully saturated rings. The number of rotatable bonds is 4. The fourth-order valence-electron chi connectivity index (χ4n) is 1.69. The highest BCUT2D eigenvalue weighted by atomic mass is 35.5. The van der Waals surface area contributed by atoms with E-state index in [1.165, 1.54) is 6.07 Å². The van der Waals surface area contributed by atoms with Crippen LogP contribution in [0.15, 0.2) is 53.6 Å². The monoisotopic (exact) mass is 289 g/mol. The molecule has 0 bridgehead atoms. The largest absolute Gasteiger partial charge is 0.294 e. The first-order chi connectivity index (χ1) is 9.59. The van der Waals surface area contributed by atoms with Crippen molar-refractivity contribution in [1.29, 1.82) is 0 Å². The standard InChI is InChI=1S/C14H12ClN3O2/c1-10(11-6-2-3-7-12(11)15)16-17-13-8-4-5-9-14(13)18(19)20/h2-9,17H,1H3/b16-10-. The predicted molar refractivity (Wildman–Crippen MR) is 80.4 cm³/mol. The Morgan fingerprint density at radius 2 is 1.85 bits per heavy atom. The molecule has 0 saturated carbocycles. The summed E-state index contributed by atoms with van der Waals surface area (Å²) in [5, 5.41) is 15.6. The molecule has 2 aromatic rings. The zero-order valence-corrected chi connectivity index (χ0v) is 11.5. The molecule has 1 N–H and O–H groups in total. The SMILES string of the molecule is C/C(=N/Nc1ccccc1[N+](=O)[O-])c1ccccc1Cl. The smallest absolute Gasteiger partial charge is 0.271 e. The van der Waals surface area contributed by atoms with Crippen molar-refractivity contribution in [3.63, 3.8) is 0 Å². The van der Waals surface area contributed by atoms with Crippen LogP contribution < -0.4 is 5.43 Å². The van der Waals surface area contributed by atoms with Crippen LogP contribution in [0, 0.1) is 10.1 Å². The quantitative estimate of drug-likeness (QED) is 0.524. The van der Waals surface area contributed by atoms with E-state index >= 15 is 0 Å². The minimum absolute atomic E-state index is 0.0248. The van der Waals surface area contributed by atoms with Gasteiger partial charge in [-0.25, -0.2) is 0 Å². The summed E-state index contributed by atoms with van der Waals surface area (Å²) in [5.41, 5.74) is 4.44. The molecule has 2 rings (SSSR count). The second kappa shape index (κ2) is 6.16. The van der Waals surface area contributed by atoms with Crippen LogP contribution in [0.3, 0.4) is 0 Å². The first-order valence-electron chi connectivity index (χ1n) is 5.88. The summed E-state index contributed by atoms with van der Waals surface area (Å²) >= 11 is 6.07. The maximum absolute atomic E-state index is 10.9. The van der Waals surface area contributed by atoms with Gasteiger partial charge in [-0.2, -0.15) is 5.10 Å². The summed E-state index contributed by atoms with van der Waals surface area (Å²) in [7, 11) is 0. The molecule has 0 spiro atoms. The third kappa shape index (κ3) is 3.13. The van der Waals surface area contributed by atoms with Gasteiger partial charge in [0.15, 0.2) is 0 Å². The normalized spacial score (nSPS) is 11.2. The molecule has 2 aromatic carbocycles. The van der Waals surface area contributed by atoms with E-state index in [9.17, 15) is 10.1 Å². The van der Waals surface area contributed by atoms with Gasteiger partial charge in [0.25, 0.3) is 5.69 Å². The molecule has 0 aliphatic heterocycles. The number of nitro groups is 1. The van der Waals surface area contributed by atoms with Gasteiger partial charge in [-0.1, -0.05) is 41.9 Å². The van der Waals surface area contributed by atoms with Crippen molar-refractivity contribution in [3.8, 4) is 0 Å². The van der Waals surface area contributed by atoms with E-state index < -0.39 is 4.92 Å². The molecule has 0 aromatic heterocycles. The van der Waals surface area contributed by atoms with Crippen LogP contribution in [-0.2, 0) is 0 Å². The molecule has 6 heteroatoms. The minimum Gasteiger partial charge on any atom is -0.271 e. The van der Waals surface area contributed by atoms with Crippen molar-refractivity contribution in [2.75, 3.05) is 5.43 Å². The lowest BCUT2D eigenvalue weighted by Gasteiger charge is -2.05. The molecule has 5 nitrogen and oxygen atoms in total. The number of hydrazone groups is 1. The molecular formula is C14H12ClN3O2. The van der Waals surface area contributed by atoms with Crippen molar-refractivity contribution in [3.05, 3.63) is 69.2 Å². The molecule has 0 heterocycles. The van der Waals surface area contributed by atoms with Crippen molar-refractivity contribution < 1.29 is 4.92 Å². The molecule has 102 valence electrons. The number of nitro benzene ring substituents is 1. The van der Waals surface area contributed by atoms with Gasteiger partial charge in [-0.05, 0) is 19.1 Å². The van der Waals surface area contributed by atoms with Crippen LogP contribution >= 0.6 is 11.6 Å². The van der Waals surface area contributed by atoms with Gasteiger partial charge in [0.1, 0.15) is 5.69 Å². The topological polar surface area (TPSA) is 67.5 Å². The number of nitrogens with zero attached hydrogens (tertiary/aromatic N) is 2. The highest BCUT2D eigenvalue weighted by Crippen LogP contribution is 2.23. The Hall–Kier alpha value is -2.40. The van der Waals surface area contributed by atoms with E-state index in [-0.39, 0.29) is 5.69 Å². The molecule has 0 aliphatic carbocycles. The number of benzene rings is 2. The highest BCUT2D eigenvalue weighted by molar-refractivity contribution is 6.34. The zero-order chi connectivity index (χ0) is 14.5. The molecule has 0 saturated heterocycles. The summed E-state index contributed by atoms with van der Waals surface area (Å²) in [6.45, 7) is 1.78. The number of anilines is 1. The molecule has 0 amide bonds. The van der Waals surface area contributed by atoms with Crippen LogP contribution in [0.25, 0.3) is 0 Å². The molecule has 20 heavy (non-hydrogen) atoms. The van der Waals surface area contributed by atoms with Gasteiger partial charge in [0.05, 0.1) is 10.6 Å². The fourth-order valence-corrected chi connectivity index (χ4v) is 1.96. The minimum atomic E-state index is -0.456. The van der Waals surface area contributed by atoms with Crippen LogP contribution in [0.4, 0.5) is 11.4 Å². The molecular weight excluding hydrogens is 278 g/mol. The Kier molecular flexibility index (Phi) is 4.32. The van der Waals surface area contributed by atoms with E-state index in [4.69, 9.17) is 11.6 Å². The Bertz CT molecular complexity index is 671. The van der Waals surface area contributed by atoms with E-state index in [1.807, 2.05) is 18.2 Å². The Balaban J connectivity index is 2.26. The summed E-state index contributed by atoms with van der Waals surface area (Å²) in [5.74, 6) is 0. The van der Waals surface area contributed by atoms with Crippen LogP contribution in [0.2, 0.25) is 5.02 Å². The van der Waals surface area contributed by atoms with Crippen molar-refractivity contribution in [2.24, 2.45) is 5.10 Å². The van der Waals surface area contributed by atoms with Gasteiger partial charge in [0, 0.05) is 16.7 Å². The summed E-state index contributed by atoms with van der Waals surface area (Å²) < 4.78 is 0. The maximum Gasteiger partial charge on any atom is 0.294 e. The molecule has 0 radical (unpaired) electrons. The summed E-state index contributed by atoms with van der Waals surface area (Å²) in [6.07, 6.45) is 0. The van der Waals surface area contributed by atoms with E-state index in [2.05, 4.69) is 10.5 Å². The third-order valence-corrected chi connectivity index (χ3v) is 3.04. The second-order valence-corrected chi connectivity index (χ2v) is 4.47. The maximum atomic E-state index is 10.9. The lowest BCUT2D eigenvalue weighted by Crippen LogP contribution is -2.02. The van der Waals surface area contributed by atoms with Gasteiger partial charge >= 0.3 is 0 Å². The first kappa shape index (κ1) is 14.0. The number of hydrogen-bond donors (Lipinski definition) is 1. The molecule has 0 atom stereocenters. The predicted octanol–water partition coefficient (Wildman–Crippen LogP) is 4.08. The van der Waals surface area contributed by atoms with Gasteiger partial charge in [-0.15, -0.1) is 0 Å². The Morgan fingerprint density at radius 1 is 1.20 bits per heavy atom. The lowest BCUT2D eigenvalue weighted by atomic mass is 10.1. The Labute approximate surface area is 121 Å². The highest BCUT2D eigenvalue weighted by Gasteiger charge is 2.11. The Morgan fingerprint density at radius 3 is 2.55 bits per heavy atom. The van der Waals surface area contributed by atoms with Crippen molar-refractivity contribution in [1.82, 2.24) is 0 Å². The number of nitrogens with one attached hydrogen (secondary N) is 1. The van der Waals surface area contributed by atoms with E-state index in [0.717, 1.165) is 5.56 Å². The van der Waals surface area contributed by atoms with Crippen molar-refractivity contribution >= 4 is 28.7 Å². The lowest BCUT2D eigenvalue weighted by molar-refractivity contribution is -0.384. The van der Waals surface area contributed by atoms with Gasteiger partial charge in [0.2, 0.25) is 0 Å². The van der Waals surface area contributed by atoms with Crippen molar-refractivity contribution in [2.45, 2.75) is 6.92 Å². The summed E-state index contributed by atoms with van der Waals surface area (Å²) in [6, 6.07) is 13.6. The van der Waals surface area contributed by atoms with Crippen LogP contribution in [0.5, 0.6) is 0 Å². The second-order valence-electron chi connectivity index (χ2n) is 4.06. The van der Waals surface area contributed by atoms with Gasteiger partial charge in [-0.3, -0.25) is 15.5 Å². The van der Waals surface area contributed by atoms with Crippen LogP contribution in [0.1, 0.15) is 12.5 Å². The zero-order valence-electron chi connectivity index (χ0n) is 10.7. The average molecular weight is 290 g/mol. The van der Waals surface area contributed by atoms with E-state index in [0.29, 0.717) is 16.4 Å². The van der Waals surface area contributed by atoms with Gasteiger partial charge < -0.3 is 0 Å². The van der Waals surface area contributed by atoms with E-state index in [1.54, 1.807) is 31.2 Å². The first-order valence-corrected chi connectivity index (χ1v) is 6.26. The number of para-hydroxylation sites is 2. The summed E-state index contributed by atoms with van der Waals surface area (Å²) in [4.78, 5) is 10.4.